The fourth-order valence-electron chi connectivity index (χ4n) is 3.54. The Bertz CT molecular complexity index is 884. The first-order valence-corrected chi connectivity index (χ1v) is 9.45. The Morgan fingerprint density at radius 3 is 2.69 bits per heavy atom. The van der Waals surface area contributed by atoms with Crippen LogP contribution in [0.15, 0.2) is 42.5 Å². The van der Waals surface area contributed by atoms with Crippen molar-refractivity contribution < 1.29 is 9.59 Å². The summed E-state index contributed by atoms with van der Waals surface area (Å²) in [6, 6.07) is 12.9. The highest BCUT2D eigenvalue weighted by Gasteiger charge is 2.50. The molecule has 2 aliphatic rings. The SMILES string of the molecule is O=C(Nc1ccc(Cl)cc1Cl)C1CC1C(=O)N1CCCc2ccccc21. The molecule has 6 heteroatoms. The molecule has 0 radical (unpaired) electrons. The second-order valence-corrected chi connectivity index (χ2v) is 7.63. The zero-order chi connectivity index (χ0) is 18.3. The number of hydrogen-bond donors (Lipinski definition) is 1. The summed E-state index contributed by atoms with van der Waals surface area (Å²) in [4.78, 5) is 27.2. The first kappa shape index (κ1) is 17.4. The predicted octanol–water partition coefficient (Wildman–Crippen LogP) is 4.55. The number of para-hydroxylation sites is 1. The van der Waals surface area contributed by atoms with Crippen molar-refractivity contribution in [3.8, 4) is 0 Å². The van der Waals surface area contributed by atoms with Gasteiger partial charge in [0.05, 0.1) is 22.5 Å². The van der Waals surface area contributed by atoms with Crippen LogP contribution < -0.4 is 10.2 Å². The maximum absolute atomic E-state index is 12.9. The molecule has 1 N–H and O–H groups in total. The van der Waals surface area contributed by atoms with Gasteiger partial charge in [0.25, 0.3) is 0 Å². The predicted molar refractivity (Wildman–Crippen MR) is 104 cm³/mol. The van der Waals surface area contributed by atoms with Gasteiger partial charge < -0.3 is 10.2 Å². The Balaban J connectivity index is 1.44. The van der Waals surface area contributed by atoms with Crippen LogP contribution in [-0.2, 0) is 16.0 Å². The fourth-order valence-corrected chi connectivity index (χ4v) is 3.99. The molecule has 1 aliphatic heterocycles. The first-order chi connectivity index (χ1) is 12.5. The van der Waals surface area contributed by atoms with E-state index in [1.54, 1.807) is 18.2 Å². The monoisotopic (exact) mass is 388 g/mol. The van der Waals surface area contributed by atoms with Gasteiger partial charge in [0, 0.05) is 17.3 Å². The molecule has 2 aromatic rings. The van der Waals surface area contributed by atoms with Gasteiger partial charge >= 0.3 is 0 Å². The standard InChI is InChI=1S/C20H18Cl2N2O2/c21-13-7-8-17(16(22)10-13)23-19(25)14-11-15(14)20(26)24-9-3-5-12-4-1-2-6-18(12)24/h1-2,4,6-8,10,14-15H,3,5,9,11H2,(H,23,25). The van der Waals surface area contributed by atoms with Gasteiger partial charge in [-0.05, 0) is 49.1 Å². The van der Waals surface area contributed by atoms with Gasteiger partial charge in [-0.2, -0.15) is 0 Å². The summed E-state index contributed by atoms with van der Waals surface area (Å²) in [6.07, 6.45) is 2.52. The van der Waals surface area contributed by atoms with Crippen molar-refractivity contribution in [1.82, 2.24) is 0 Å². The van der Waals surface area contributed by atoms with Crippen molar-refractivity contribution in [3.05, 3.63) is 58.1 Å². The summed E-state index contributed by atoms with van der Waals surface area (Å²) in [5.41, 5.74) is 2.69. The van der Waals surface area contributed by atoms with Crippen molar-refractivity contribution in [2.24, 2.45) is 11.8 Å². The average Bonchev–Trinajstić information content (AvgIpc) is 3.44. The van der Waals surface area contributed by atoms with Crippen LogP contribution in [0.5, 0.6) is 0 Å². The second kappa shape index (κ2) is 6.93. The van der Waals surface area contributed by atoms with Crippen LogP contribution in [0.4, 0.5) is 11.4 Å². The maximum atomic E-state index is 12.9. The molecule has 1 saturated carbocycles. The average molecular weight is 389 g/mol. The Kier molecular flexibility index (Phi) is 4.63. The van der Waals surface area contributed by atoms with E-state index < -0.39 is 0 Å². The third-order valence-electron chi connectivity index (χ3n) is 5.01. The van der Waals surface area contributed by atoms with E-state index in [-0.39, 0.29) is 23.7 Å². The summed E-state index contributed by atoms with van der Waals surface area (Å²) in [7, 11) is 0. The number of hydrogen-bond acceptors (Lipinski definition) is 2. The van der Waals surface area contributed by atoms with E-state index in [0.717, 1.165) is 18.5 Å². The highest BCUT2D eigenvalue weighted by Crippen LogP contribution is 2.43. The van der Waals surface area contributed by atoms with E-state index in [0.29, 0.717) is 28.7 Å². The molecule has 4 rings (SSSR count). The van der Waals surface area contributed by atoms with E-state index in [1.807, 2.05) is 23.1 Å². The second-order valence-electron chi connectivity index (χ2n) is 6.78. The lowest BCUT2D eigenvalue weighted by Crippen LogP contribution is -2.37. The van der Waals surface area contributed by atoms with Crippen LogP contribution >= 0.6 is 23.2 Å². The topological polar surface area (TPSA) is 49.4 Å². The Morgan fingerprint density at radius 1 is 1.08 bits per heavy atom. The molecule has 0 bridgehead atoms. The van der Waals surface area contributed by atoms with Gasteiger partial charge in [0.1, 0.15) is 0 Å². The minimum absolute atomic E-state index is 0.0412. The molecular weight excluding hydrogens is 371 g/mol. The van der Waals surface area contributed by atoms with E-state index >= 15 is 0 Å². The van der Waals surface area contributed by atoms with Crippen LogP contribution in [0.2, 0.25) is 10.0 Å². The highest BCUT2D eigenvalue weighted by atomic mass is 35.5. The Morgan fingerprint density at radius 2 is 1.88 bits per heavy atom. The zero-order valence-electron chi connectivity index (χ0n) is 14.0. The van der Waals surface area contributed by atoms with Crippen LogP contribution in [0.3, 0.4) is 0 Å². The summed E-state index contributed by atoms with van der Waals surface area (Å²) in [6.45, 7) is 0.712. The number of halogens is 2. The van der Waals surface area contributed by atoms with E-state index in [4.69, 9.17) is 23.2 Å². The van der Waals surface area contributed by atoms with Gasteiger partial charge in [-0.1, -0.05) is 41.4 Å². The highest BCUT2D eigenvalue weighted by molar-refractivity contribution is 6.36. The maximum Gasteiger partial charge on any atom is 0.230 e. The number of carbonyl (C=O) groups is 2. The summed E-state index contributed by atoms with van der Waals surface area (Å²) >= 11 is 12.0. The lowest BCUT2D eigenvalue weighted by atomic mass is 10.0. The molecule has 0 spiro atoms. The number of nitrogens with zero attached hydrogens (tertiary/aromatic N) is 1. The molecule has 2 atom stereocenters. The normalized spacial score (nSPS) is 21.1. The number of carbonyl (C=O) groups excluding carboxylic acids is 2. The van der Waals surface area contributed by atoms with Crippen molar-refractivity contribution in [2.45, 2.75) is 19.3 Å². The van der Waals surface area contributed by atoms with Crippen molar-refractivity contribution >= 4 is 46.4 Å². The molecule has 0 aromatic heterocycles. The third-order valence-corrected chi connectivity index (χ3v) is 5.56. The van der Waals surface area contributed by atoms with Crippen LogP contribution in [-0.4, -0.2) is 18.4 Å². The first-order valence-electron chi connectivity index (χ1n) is 8.70. The fraction of sp³-hybridized carbons (Fsp3) is 0.300. The number of anilines is 2. The largest absolute Gasteiger partial charge is 0.325 e. The quantitative estimate of drug-likeness (QED) is 0.838. The van der Waals surface area contributed by atoms with E-state index in [2.05, 4.69) is 11.4 Å². The lowest BCUT2D eigenvalue weighted by molar-refractivity contribution is -0.123. The number of nitrogens with one attached hydrogen (secondary N) is 1. The van der Waals surface area contributed by atoms with Gasteiger partial charge in [0.2, 0.25) is 11.8 Å². The molecule has 0 saturated heterocycles. The molecular formula is C20H18Cl2N2O2. The minimum atomic E-state index is -0.302. The number of fused-ring (bicyclic) bond motifs is 1. The summed E-state index contributed by atoms with van der Waals surface area (Å²) in [5.74, 6) is -0.687. The Hall–Kier alpha value is -2.04. The zero-order valence-corrected chi connectivity index (χ0v) is 15.6. The number of aryl methyl sites for hydroxylation is 1. The number of amides is 2. The van der Waals surface area contributed by atoms with Crippen LogP contribution in [0, 0.1) is 11.8 Å². The number of rotatable bonds is 3. The third kappa shape index (κ3) is 3.31. The van der Waals surface area contributed by atoms with Crippen LogP contribution in [0.25, 0.3) is 0 Å². The molecule has 1 heterocycles. The smallest absolute Gasteiger partial charge is 0.230 e. The molecule has 4 nitrogen and oxygen atoms in total. The summed E-state index contributed by atoms with van der Waals surface area (Å²) < 4.78 is 0. The number of benzene rings is 2. The van der Waals surface area contributed by atoms with Gasteiger partial charge in [-0.25, -0.2) is 0 Å². The molecule has 134 valence electrons. The molecule has 2 amide bonds. The molecule has 2 unspecified atom stereocenters. The Labute approximate surface area is 162 Å². The van der Waals surface area contributed by atoms with Crippen molar-refractivity contribution in [2.75, 3.05) is 16.8 Å². The summed E-state index contributed by atoms with van der Waals surface area (Å²) in [5, 5.41) is 3.70. The van der Waals surface area contributed by atoms with Gasteiger partial charge in [-0.3, -0.25) is 9.59 Å². The van der Waals surface area contributed by atoms with Crippen LogP contribution in [0.1, 0.15) is 18.4 Å². The van der Waals surface area contributed by atoms with Crippen molar-refractivity contribution in [3.63, 3.8) is 0 Å². The molecule has 2 aromatic carbocycles. The van der Waals surface area contributed by atoms with Gasteiger partial charge in [0.15, 0.2) is 0 Å². The molecule has 1 aliphatic carbocycles. The van der Waals surface area contributed by atoms with Crippen molar-refractivity contribution in [1.29, 1.82) is 0 Å². The lowest BCUT2D eigenvalue weighted by Gasteiger charge is -2.29. The van der Waals surface area contributed by atoms with Gasteiger partial charge in [-0.15, -0.1) is 0 Å². The van der Waals surface area contributed by atoms with E-state index in [9.17, 15) is 9.59 Å². The molecule has 26 heavy (non-hydrogen) atoms. The molecule has 1 fully saturated rings. The minimum Gasteiger partial charge on any atom is -0.325 e. The van der Waals surface area contributed by atoms with E-state index in [1.165, 1.54) is 5.56 Å².